The van der Waals surface area contributed by atoms with Crippen molar-refractivity contribution < 1.29 is 0 Å². The van der Waals surface area contributed by atoms with E-state index in [4.69, 9.17) is 15.8 Å². The van der Waals surface area contributed by atoms with Crippen LogP contribution in [0.25, 0.3) is 0 Å². The Hall–Kier alpha value is -0.608. The summed E-state index contributed by atoms with van der Waals surface area (Å²) in [6.07, 6.45) is 0. The maximum atomic E-state index is 8.51. The van der Waals surface area contributed by atoms with Gasteiger partial charge in [-0.3, -0.25) is 0 Å². The van der Waals surface area contributed by atoms with Crippen LogP contribution in [0.4, 0.5) is 0 Å². The molecule has 0 saturated carbocycles. The van der Waals surface area contributed by atoms with Crippen molar-refractivity contribution in [2.45, 2.75) is 11.9 Å². The summed E-state index contributed by atoms with van der Waals surface area (Å²) in [6.45, 7) is 0. The Morgan fingerprint density at radius 2 is 1.30 bits per heavy atom. The molecule has 3 nitrogen and oxygen atoms in total. The van der Waals surface area contributed by atoms with Crippen molar-refractivity contribution in [3.8, 4) is 18.2 Å². The molecule has 48 valence electrons. The van der Waals surface area contributed by atoms with E-state index in [0.29, 0.717) is 0 Å². The normalized spacial score (nSPS) is 8.70. The van der Waals surface area contributed by atoms with E-state index in [1.54, 1.807) is 18.2 Å². The van der Waals surface area contributed by atoms with Crippen LogP contribution in [0.15, 0.2) is 0 Å². The van der Waals surface area contributed by atoms with E-state index in [2.05, 4.69) is 0 Å². The van der Waals surface area contributed by atoms with Crippen LogP contribution in [0.1, 0.15) is 0 Å². The Morgan fingerprint density at radius 1 is 1.00 bits per heavy atom. The van der Waals surface area contributed by atoms with Gasteiger partial charge in [0.05, 0.1) is 0 Å². The van der Waals surface area contributed by atoms with E-state index in [1.165, 1.54) is 0 Å². The number of nitriles is 3. The molecule has 0 fully saturated rings. The van der Waals surface area contributed by atoms with Gasteiger partial charge < -0.3 is 0 Å². The first-order valence-electron chi connectivity index (χ1n) is 2.86. The summed E-state index contributed by atoms with van der Waals surface area (Å²) in [7, 11) is 0. The zero-order chi connectivity index (χ0) is 8.20. The molecule has 0 N–H and O–H groups in total. The fourth-order valence-corrected chi connectivity index (χ4v) is 3.47. The third-order valence-corrected chi connectivity index (χ3v) is 9.63. The number of rotatable bonds is 1. The fourth-order valence-electron chi connectivity index (χ4n) is 0.462. The molecular formula is C6H6N3Tl. The van der Waals surface area contributed by atoms with Gasteiger partial charge in [0.25, 0.3) is 0 Å². The zero-order valence-corrected chi connectivity index (χ0v) is 10.4. The summed E-state index contributed by atoms with van der Waals surface area (Å²) >= 11 is -2.26. The van der Waals surface area contributed by atoms with Gasteiger partial charge >= 0.3 is 68.6 Å². The first kappa shape index (κ1) is 9.39. The SMILES string of the molecule is [CH3][Tl]([CH3])[C](C#N)(C#N)C#N. The number of hydrogen-bond donors (Lipinski definition) is 0. The Morgan fingerprint density at radius 3 is 1.30 bits per heavy atom. The summed E-state index contributed by atoms with van der Waals surface area (Å²) in [4.78, 5) is 0. The number of hydrogen-bond acceptors (Lipinski definition) is 3. The van der Waals surface area contributed by atoms with Gasteiger partial charge in [0.2, 0.25) is 0 Å². The van der Waals surface area contributed by atoms with E-state index >= 15 is 0 Å². The monoisotopic (exact) mass is 325 g/mol. The molecule has 0 aliphatic carbocycles. The second-order valence-electron chi connectivity index (χ2n) is 2.30. The molecule has 0 amide bonds. The van der Waals surface area contributed by atoms with Crippen LogP contribution >= 0.6 is 0 Å². The topological polar surface area (TPSA) is 71.4 Å². The van der Waals surface area contributed by atoms with E-state index in [9.17, 15) is 0 Å². The molecule has 0 radical (unpaired) electrons. The van der Waals surface area contributed by atoms with Crippen molar-refractivity contribution in [2.24, 2.45) is 0 Å². The van der Waals surface area contributed by atoms with Crippen LogP contribution in [0.3, 0.4) is 0 Å². The van der Waals surface area contributed by atoms with Crippen LogP contribution in [-0.2, 0) is 0 Å². The maximum absolute atomic E-state index is 8.51. The molecule has 10 heavy (non-hydrogen) atoms. The van der Waals surface area contributed by atoms with Crippen LogP contribution in [-0.4, -0.2) is 22.7 Å². The Balaban J connectivity index is 4.81. The summed E-state index contributed by atoms with van der Waals surface area (Å²) in [5.74, 6) is 0. The van der Waals surface area contributed by atoms with Crippen molar-refractivity contribution >= 4 is 22.7 Å². The van der Waals surface area contributed by atoms with Crippen LogP contribution in [0.2, 0.25) is 11.9 Å². The van der Waals surface area contributed by atoms with Crippen molar-refractivity contribution in [3.05, 3.63) is 0 Å². The molecular weight excluding hydrogens is 318 g/mol. The Bertz CT molecular complexity index is 201. The molecule has 0 aliphatic rings. The van der Waals surface area contributed by atoms with Gasteiger partial charge in [-0.05, 0) is 0 Å². The summed E-state index contributed by atoms with van der Waals surface area (Å²) < 4.78 is 2.56. The molecule has 0 atom stereocenters. The van der Waals surface area contributed by atoms with Gasteiger partial charge in [-0.2, -0.15) is 0 Å². The first-order chi connectivity index (χ1) is 4.63. The second kappa shape index (κ2) is 3.53. The average molecular weight is 325 g/mol. The Labute approximate surface area is 68.6 Å². The number of nitrogens with zero attached hydrogens (tertiary/aromatic N) is 3. The molecule has 0 heterocycles. The third kappa shape index (κ3) is 1.46. The standard InChI is InChI=1S/C4N3.2CH3.Tl/c5-1-4(2-6)3-7;;;/h;2*1H3;. The predicted molar refractivity (Wildman–Crippen MR) is 37.0 cm³/mol. The second-order valence-corrected chi connectivity index (χ2v) is 14.6. The summed E-state index contributed by atoms with van der Waals surface area (Å²) in [5.41, 5.74) is 0. The van der Waals surface area contributed by atoms with Crippen LogP contribution in [0, 0.1) is 34.0 Å². The van der Waals surface area contributed by atoms with Crippen molar-refractivity contribution in [3.63, 3.8) is 0 Å². The molecule has 0 saturated heterocycles. The van der Waals surface area contributed by atoms with Gasteiger partial charge in [0, 0.05) is 0 Å². The Kier molecular flexibility index (Phi) is 3.32. The van der Waals surface area contributed by atoms with Crippen molar-refractivity contribution in [2.75, 3.05) is 0 Å². The molecule has 0 bridgehead atoms. The van der Waals surface area contributed by atoms with E-state index < -0.39 is 25.7 Å². The van der Waals surface area contributed by atoms with Crippen molar-refractivity contribution in [1.82, 2.24) is 0 Å². The van der Waals surface area contributed by atoms with Gasteiger partial charge in [0.1, 0.15) is 0 Å². The molecule has 4 heteroatoms. The molecule has 0 unspecified atom stereocenters. The van der Waals surface area contributed by atoms with Crippen LogP contribution in [0.5, 0.6) is 0 Å². The zero-order valence-electron chi connectivity index (χ0n) is 5.92. The minimum absolute atomic E-state index is 1.24. The van der Waals surface area contributed by atoms with E-state index in [0.717, 1.165) is 0 Å². The first-order valence-corrected chi connectivity index (χ1v) is 14.1. The van der Waals surface area contributed by atoms with Crippen LogP contribution < -0.4 is 0 Å². The molecule has 0 rings (SSSR count). The minimum atomic E-state index is -2.26. The van der Waals surface area contributed by atoms with E-state index in [-0.39, 0.29) is 0 Å². The molecule has 0 spiro atoms. The summed E-state index contributed by atoms with van der Waals surface area (Å²) in [5, 5.41) is 25.5. The summed E-state index contributed by atoms with van der Waals surface area (Å²) in [6, 6.07) is 5.37. The third-order valence-electron chi connectivity index (χ3n) is 1.40. The molecule has 0 aromatic rings. The molecule has 0 aromatic carbocycles. The van der Waals surface area contributed by atoms with Gasteiger partial charge in [-0.1, -0.05) is 0 Å². The molecule has 0 aliphatic heterocycles. The van der Waals surface area contributed by atoms with E-state index in [1.807, 2.05) is 8.97 Å². The van der Waals surface area contributed by atoms with Gasteiger partial charge in [0.15, 0.2) is 0 Å². The quantitative estimate of drug-likeness (QED) is 0.677. The van der Waals surface area contributed by atoms with Gasteiger partial charge in [-0.25, -0.2) is 0 Å². The van der Waals surface area contributed by atoms with Gasteiger partial charge in [-0.15, -0.1) is 0 Å². The average Bonchev–Trinajstić information content (AvgIpc) is 1.92. The van der Waals surface area contributed by atoms with Crippen molar-refractivity contribution in [1.29, 1.82) is 15.8 Å². The molecule has 0 aromatic heterocycles. The fraction of sp³-hybridized carbons (Fsp3) is 0.500. The predicted octanol–water partition coefficient (Wildman–Crippen LogP) is 1.05.